The average molecular weight is 529 g/mol. The van der Waals surface area contributed by atoms with Crippen molar-refractivity contribution in [3.8, 4) is 0 Å². The van der Waals surface area contributed by atoms with Crippen molar-refractivity contribution in [1.82, 2.24) is 14.1 Å². The lowest BCUT2D eigenvalue weighted by molar-refractivity contribution is -0.145. The van der Waals surface area contributed by atoms with Crippen molar-refractivity contribution < 1.29 is 22.8 Å². The van der Waals surface area contributed by atoms with Crippen molar-refractivity contribution in [3.05, 3.63) is 28.6 Å². The highest BCUT2D eigenvalue weighted by Gasteiger charge is 2.45. The first-order chi connectivity index (χ1) is 15.9. The summed E-state index contributed by atoms with van der Waals surface area (Å²) >= 11 is 7.27. The van der Waals surface area contributed by atoms with Crippen LogP contribution >= 0.6 is 22.9 Å². The number of amides is 3. The molecule has 3 rings (SSSR count). The fourth-order valence-electron chi connectivity index (χ4n) is 4.28. The normalized spacial score (nSPS) is 17.7. The predicted octanol–water partition coefficient (Wildman–Crippen LogP) is 2.28. The first-order valence-corrected chi connectivity index (χ1v) is 13.6. The summed E-state index contributed by atoms with van der Waals surface area (Å²) in [6.07, 6.45) is 0.143. The Morgan fingerprint density at radius 1 is 1.26 bits per heavy atom. The fraction of sp³-hybridized carbons (Fsp3) is 0.500. The van der Waals surface area contributed by atoms with E-state index in [4.69, 9.17) is 17.3 Å². The van der Waals surface area contributed by atoms with Gasteiger partial charge in [-0.3, -0.25) is 14.4 Å². The summed E-state index contributed by atoms with van der Waals surface area (Å²) in [6, 6.07) is 4.31. The van der Waals surface area contributed by atoms with Crippen LogP contribution in [0.5, 0.6) is 0 Å². The van der Waals surface area contributed by atoms with Gasteiger partial charge >= 0.3 is 0 Å². The molecule has 2 aromatic rings. The molecular weight excluding hydrogens is 500 g/mol. The number of nitrogens with zero attached hydrogens (tertiary/aromatic N) is 3. The lowest BCUT2D eigenvalue weighted by atomic mass is 10.2. The second-order valence-electron chi connectivity index (χ2n) is 8.50. The van der Waals surface area contributed by atoms with Gasteiger partial charge in [0.1, 0.15) is 12.1 Å². The number of hydrogen-bond acceptors (Lipinski definition) is 6. The Morgan fingerprint density at radius 3 is 2.53 bits per heavy atom. The Kier molecular flexibility index (Phi) is 7.91. The number of halogens is 1. The average Bonchev–Trinajstić information content (AvgIpc) is 3.32. The van der Waals surface area contributed by atoms with Crippen LogP contribution in [-0.4, -0.2) is 78.0 Å². The van der Waals surface area contributed by atoms with Gasteiger partial charge in [-0.15, -0.1) is 11.3 Å². The first-order valence-electron chi connectivity index (χ1n) is 11.0. The van der Waals surface area contributed by atoms with Crippen LogP contribution < -0.4 is 5.73 Å². The van der Waals surface area contributed by atoms with Gasteiger partial charge in [-0.25, -0.2) is 8.42 Å². The largest absolute Gasteiger partial charge is 0.369 e. The third kappa shape index (κ3) is 5.07. The summed E-state index contributed by atoms with van der Waals surface area (Å²) in [5, 5.41) is 0.788. The lowest BCUT2D eigenvalue weighted by Gasteiger charge is -2.33. The molecule has 12 heteroatoms. The number of hydrogen-bond donors (Lipinski definition) is 1. The van der Waals surface area contributed by atoms with Crippen molar-refractivity contribution >= 4 is 60.8 Å². The molecule has 1 aliphatic rings. The van der Waals surface area contributed by atoms with Gasteiger partial charge in [0.25, 0.3) is 0 Å². The summed E-state index contributed by atoms with van der Waals surface area (Å²) < 4.78 is 29.1. The highest BCUT2D eigenvalue weighted by atomic mass is 35.5. The van der Waals surface area contributed by atoms with Crippen molar-refractivity contribution in [1.29, 1.82) is 0 Å². The molecular formula is C22H29ClN4O5S2. The van der Waals surface area contributed by atoms with E-state index in [-0.39, 0.29) is 29.8 Å². The number of carbonyl (C=O) groups is 3. The zero-order valence-electron chi connectivity index (χ0n) is 19.5. The number of sulfonamides is 1. The molecule has 0 unspecified atom stereocenters. The van der Waals surface area contributed by atoms with Crippen LogP contribution in [0.4, 0.5) is 0 Å². The van der Waals surface area contributed by atoms with E-state index in [0.29, 0.717) is 15.6 Å². The van der Waals surface area contributed by atoms with Crippen LogP contribution in [0.1, 0.15) is 34.1 Å². The fourth-order valence-corrected chi connectivity index (χ4v) is 7.15. The molecule has 0 bridgehead atoms. The maximum Gasteiger partial charge on any atom is 0.245 e. The Bertz CT molecular complexity index is 1210. The molecule has 2 heterocycles. The lowest BCUT2D eigenvalue weighted by Crippen LogP contribution is -2.53. The van der Waals surface area contributed by atoms with Gasteiger partial charge < -0.3 is 15.5 Å². The number of primary amides is 1. The summed E-state index contributed by atoms with van der Waals surface area (Å²) in [5.74, 6) is -1.61. The minimum Gasteiger partial charge on any atom is -0.369 e. The van der Waals surface area contributed by atoms with Crippen LogP contribution in [0.3, 0.4) is 0 Å². The van der Waals surface area contributed by atoms with Gasteiger partial charge in [0, 0.05) is 23.8 Å². The number of thiophene rings is 1. The second kappa shape index (κ2) is 10.2. The molecule has 2 atom stereocenters. The van der Waals surface area contributed by atoms with E-state index in [1.807, 2.05) is 20.8 Å². The van der Waals surface area contributed by atoms with E-state index in [2.05, 4.69) is 0 Å². The molecule has 1 aliphatic heterocycles. The Hall–Kier alpha value is -2.21. The van der Waals surface area contributed by atoms with Crippen LogP contribution in [0.2, 0.25) is 4.34 Å². The molecule has 3 amide bonds. The van der Waals surface area contributed by atoms with Gasteiger partial charge in [0.15, 0.2) is 0 Å². The predicted molar refractivity (Wildman–Crippen MR) is 132 cm³/mol. The SMILES string of the molecule is CCN(C(=O)[C@H](C)N1CC[C@H](N(CC(N)=O)S(=O)(=O)c2ccc3cc(Cl)sc3c2)C1=O)C(C)C. The summed E-state index contributed by atoms with van der Waals surface area (Å²) in [7, 11) is -4.25. The maximum atomic E-state index is 13.5. The molecule has 1 aromatic heterocycles. The zero-order chi connectivity index (χ0) is 25.4. The van der Waals surface area contributed by atoms with Crippen LogP contribution in [0, 0.1) is 0 Å². The van der Waals surface area contributed by atoms with E-state index in [1.54, 1.807) is 24.0 Å². The van der Waals surface area contributed by atoms with Crippen molar-refractivity contribution in [3.63, 3.8) is 0 Å². The number of likely N-dealkylation sites (N-methyl/N-ethyl adjacent to an activating group) is 1. The summed E-state index contributed by atoms with van der Waals surface area (Å²) in [5.41, 5.74) is 5.36. The molecule has 0 aliphatic carbocycles. The second-order valence-corrected chi connectivity index (χ2v) is 12.1. The van der Waals surface area contributed by atoms with Gasteiger partial charge in [0.2, 0.25) is 27.7 Å². The van der Waals surface area contributed by atoms with Crippen molar-refractivity contribution in [2.24, 2.45) is 5.73 Å². The smallest absolute Gasteiger partial charge is 0.245 e. The first kappa shape index (κ1) is 26.4. The Morgan fingerprint density at radius 2 is 1.94 bits per heavy atom. The standard InChI is InChI=1S/C22H29ClN4O5S2/c1-5-25(13(2)3)21(29)14(4)26-9-8-17(22(26)30)27(12-20(24)28)34(31,32)16-7-6-15-10-19(23)33-18(15)11-16/h6-7,10-11,13-14,17H,5,8-9,12H2,1-4H3,(H2,24,28)/t14-,17-/m0/s1. The molecule has 1 saturated heterocycles. The number of nitrogens with two attached hydrogens (primary N) is 1. The molecule has 2 N–H and O–H groups in total. The molecule has 34 heavy (non-hydrogen) atoms. The number of carbonyl (C=O) groups excluding carboxylic acids is 3. The monoisotopic (exact) mass is 528 g/mol. The van der Waals surface area contributed by atoms with E-state index in [9.17, 15) is 22.8 Å². The third-order valence-corrected chi connectivity index (χ3v) is 9.09. The third-order valence-electron chi connectivity index (χ3n) is 6.01. The van der Waals surface area contributed by atoms with Crippen molar-refractivity contribution in [2.45, 2.75) is 57.1 Å². The Balaban J connectivity index is 1.92. The van der Waals surface area contributed by atoms with E-state index < -0.39 is 40.5 Å². The molecule has 186 valence electrons. The highest BCUT2D eigenvalue weighted by Crippen LogP contribution is 2.33. The van der Waals surface area contributed by atoms with Crippen LogP contribution in [-0.2, 0) is 24.4 Å². The molecule has 0 spiro atoms. The number of fused-ring (bicyclic) bond motifs is 1. The molecule has 9 nitrogen and oxygen atoms in total. The quantitative estimate of drug-likeness (QED) is 0.535. The maximum absolute atomic E-state index is 13.5. The van der Waals surface area contributed by atoms with Gasteiger partial charge in [-0.1, -0.05) is 17.7 Å². The van der Waals surface area contributed by atoms with Gasteiger partial charge in [-0.2, -0.15) is 4.31 Å². The van der Waals surface area contributed by atoms with Crippen molar-refractivity contribution in [2.75, 3.05) is 19.6 Å². The van der Waals surface area contributed by atoms with Gasteiger partial charge in [0.05, 0.1) is 15.8 Å². The minimum atomic E-state index is -4.25. The number of likely N-dealkylation sites (tertiary alicyclic amines) is 1. The Labute approximate surface area is 208 Å². The zero-order valence-corrected chi connectivity index (χ0v) is 21.9. The highest BCUT2D eigenvalue weighted by molar-refractivity contribution is 7.89. The number of rotatable bonds is 9. The van der Waals surface area contributed by atoms with Crippen LogP contribution in [0.25, 0.3) is 10.1 Å². The summed E-state index contributed by atoms with van der Waals surface area (Å²) in [4.78, 5) is 41.1. The molecule has 0 saturated carbocycles. The van der Waals surface area contributed by atoms with E-state index >= 15 is 0 Å². The van der Waals surface area contributed by atoms with Gasteiger partial charge in [-0.05, 0) is 57.7 Å². The van der Waals surface area contributed by atoms with Crippen LogP contribution in [0.15, 0.2) is 29.2 Å². The molecule has 0 radical (unpaired) electrons. The topological polar surface area (TPSA) is 121 Å². The minimum absolute atomic E-state index is 0.0409. The molecule has 1 fully saturated rings. The van der Waals surface area contributed by atoms with E-state index in [0.717, 1.165) is 9.69 Å². The van der Waals surface area contributed by atoms with E-state index in [1.165, 1.54) is 28.4 Å². The molecule has 1 aromatic carbocycles. The summed E-state index contributed by atoms with van der Waals surface area (Å²) in [6.45, 7) is 7.31. The number of benzene rings is 1.